The molecule has 0 bridgehead atoms. The highest BCUT2D eigenvalue weighted by molar-refractivity contribution is 7.22. The number of para-hydroxylation sites is 10. The zero-order chi connectivity index (χ0) is 51.8. The van der Waals surface area contributed by atoms with Crippen LogP contribution in [0.1, 0.15) is 0 Å². The summed E-state index contributed by atoms with van der Waals surface area (Å²) in [6.07, 6.45) is 0. The fourth-order valence-corrected chi connectivity index (χ4v) is 13.5. The summed E-state index contributed by atoms with van der Waals surface area (Å²) in [5.74, 6) is 0. The molecule has 11 aromatic carbocycles. The Balaban J connectivity index is 0.902. The van der Waals surface area contributed by atoms with Gasteiger partial charge in [0.2, 0.25) is 0 Å². The van der Waals surface area contributed by atoms with Crippen molar-refractivity contribution in [3.05, 3.63) is 255 Å². The van der Waals surface area contributed by atoms with Crippen molar-refractivity contribution in [1.29, 1.82) is 0 Å². The van der Waals surface area contributed by atoms with E-state index in [1.165, 1.54) is 9.40 Å². The molecule has 0 fully saturated rings. The third-order valence-corrected chi connectivity index (χ3v) is 17.6. The van der Waals surface area contributed by atoms with E-state index < -0.39 is 0 Å². The van der Waals surface area contributed by atoms with Gasteiger partial charge in [0.25, 0.3) is 0 Å². The second-order valence-corrected chi connectivity index (χ2v) is 22.0. The SMILES string of the molecule is CN1c2ccccc2N(c2ccc(-c3cc(-c4ccc(-c5nc6ccccc6s5)cc4)c(-c4ccc(N5c6ccccc6N(C)c6ccccc65)cc4)cc3-c3ccc(-c4nc5ccccc5s4)cc3)cc2)c2ccccc21. The number of anilines is 10. The van der Waals surface area contributed by atoms with Gasteiger partial charge in [-0.2, -0.15) is 0 Å². The summed E-state index contributed by atoms with van der Waals surface area (Å²) in [4.78, 5) is 19.4. The van der Waals surface area contributed by atoms with Crippen molar-refractivity contribution < 1.29 is 0 Å². The van der Waals surface area contributed by atoms with E-state index in [2.05, 4.69) is 288 Å². The smallest absolute Gasteiger partial charge is 0.124 e. The standard InChI is InChI=1S/C70H48N6S2/c1-73-59-17-5-9-21-63(59)75(64-22-10-6-18-60(64)73)51-39-35-47(36-40-51)55-43-54(46-29-33-50(34-30-46)70-72-58-16-4-14-26-68(58)78-70)56(44-53(55)45-27-31-49(32-28-45)69-71-57-15-3-13-25-67(57)77-69)48-37-41-52(42-38-48)76-65-23-11-7-19-61(65)74(2)62-20-8-12-24-66(62)76/h3-44H,1-2H3. The van der Waals surface area contributed by atoms with Crippen LogP contribution in [-0.4, -0.2) is 24.1 Å². The lowest BCUT2D eigenvalue weighted by atomic mass is 9.85. The number of aromatic nitrogens is 2. The first-order chi connectivity index (χ1) is 38.5. The molecule has 6 nitrogen and oxygen atoms in total. The minimum absolute atomic E-state index is 1.02. The molecule has 370 valence electrons. The summed E-state index contributed by atoms with van der Waals surface area (Å²) in [5.41, 5.74) is 24.8. The highest BCUT2D eigenvalue weighted by atomic mass is 32.1. The average molecular weight is 1040 g/mol. The lowest BCUT2D eigenvalue weighted by molar-refractivity contribution is 1.13. The van der Waals surface area contributed by atoms with Gasteiger partial charge in [0.15, 0.2) is 0 Å². The highest BCUT2D eigenvalue weighted by Crippen LogP contribution is 2.53. The molecule has 0 amide bonds. The summed E-state index contributed by atoms with van der Waals surface area (Å²) < 4.78 is 2.37. The molecule has 0 unspecified atom stereocenters. The zero-order valence-electron chi connectivity index (χ0n) is 42.7. The first-order valence-corrected chi connectivity index (χ1v) is 27.9. The van der Waals surface area contributed by atoms with Crippen molar-refractivity contribution in [1.82, 2.24) is 9.97 Å². The Kier molecular flexibility index (Phi) is 10.9. The minimum atomic E-state index is 1.02. The molecule has 2 aliphatic rings. The predicted molar refractivity (Wildman–Crippen MR) is 331 cm³/mol. The Morgan fingerprint density at radius 2 is 0.526 bits per heavy atom. The Bertz CT molecular complexity index is 3980. The molecule has 2 aliphatic heterocycles. The van der Waals surface area contributed by atoms with Crippen LogP contribution in [0.5, 0.6) is 0 Å². The molecule has 8 heteroatoms. The van der Waals surface area contributed by atoms with Crippen LogP contribution < -0.4 is 19.6 Å². The Morgan fingerprint density at radius 1 is 0.269 bits per heavy atom. The summed E-state index contributed by atoms with van der Waals surface area (Å²) >= 11 is 3.47. The number of hydrogen-bond acceptors (Lipinski definition) is 8. The van der Waals surface area contributed by atoms with Gasteiger partial charge in [-0.1, -0.05) is 146 Å². The van der Waals surface area contributed by atoms with Crippen LogP contribution in [0.2, 0.25) is 0 Å². The van der Waals surface area contributed by atoms with Crippen molar-refractivity contribution >= 4 is 100.0 Å². The van der Waals surface area contributed by atoms with Crippen LogP contribution in [-0.2, 0) is 0 Å². The van der Waals surface area contributed by atoms with Crippen LogP contribution in [0.25, 0.3) is 86.1 Å². The lowest BCUT2D eigenvalue weighted by Crippen LogP contribution is -2.23. The van der Waals surface area contributed by atoms with E-state index in [4.69, 9.17) is 9.97 Å². The number of fused-ring (bicyclic) bond motifs is 6. The van der Waals surface area contributed by atoms with Crippen LogP contribution in [0.3, 0.4) is 0 Å². The number of rotatable bonds is 8. The van der Waals surface area contributed by atoms with Crippen LogP contribution in [0, 0.1) is 0 Å². The molecule has 4 heterocycles. The number of hydrogen-bond donors (Lipinski definition) is 0. The maximum absolute atomic E-state index is 5.04. The van der Waals surface area contributed by atoms with Gasteiger partial charge in [-0.3, -0.25) is 0 Å². The van der Waals surface area contributed by atoms with Crippen molar-refractivity contribution in [2.24, 2.45) is 0 Å². The largest absolute Gasteiger partial charge is 0.341 e. The fraction of sp³-hybridized carbons (Fsp3) is 0.0286. The van der Waals surface area contributed by atoms with Crippen LogP contribution in [0.15, 0.2) is 255 Å². The third-order valence-electron chi connectivity index (χ3n) is 15.4. The van der Waals surface area contributed by atoms with Crippen LogP contribution in [0.4, 0.5) is 56.9 Å². The summed E-state index contributed by atoms with van der Waals surface area (Å²) in [6, 6.07) is 92.6. The maximum Gasteiger partial charge on any atom is 0.124 e. The van der Waals surface area contributed by atoms with Gasteiger partial charge in [0, 0.05) is 36.6 Å². The van der Waals surface area contributed by atoms with E-state index in [0.717, 1.165) is 134 Å². The van der Waals surface area contributed by atoms with Crippen LogP contribution >= 0.6 is 22.7 Å². The van der Waals surface area contributed by atoms with E-state index in [1.54, 1.807) is 22.7 Å². The molecular weight excluding hydrogens is 989 g/mol. The van der Waals surface area contributed by atoms with Crippen molar-refractivity contribution in [3.63, 3.8) is 0 Å². The molecule has 13 aromatic rings. The first-order valence-electron chi connectivity index (χ1n) is 26.2. The molecule has 0 N–H and O–H groups in total. The predicted octanol–water partition coefficient (Wildman–Crippen LogP) is 20.0. The molecular formula is C70H48N6S2. The van der Waals surface area contributed by atoms with Gasteiger partial charge in [-0.15, -0.1) is 22.7 Å². The summed E-state index contributed by atoms with van der Waals surface area (Å²) in [5, 5.41) is 2.03. The maximum atomic E-state index is 5.04. The number of nitrogens with zero attached hydrogens (tertiary/aromatic N) is 6. The Labute approximate surface area is 461 Å². The second-order valence-electron chi connectivity index (χ2n) is 19.9. The summed E-state index contributed by atoms with van der Waals surface area (Å²) in [6.45, 7) is 0. The molecule has 0 saturated heterocycles. The number of thiazole rings is 2. The van der Waals surface area contributed by atoms with Gasteiger partial charge < -0.3 is 19.6 Å². The molecule has 0 atom stereocenters. The lowest BCUT2D eigenvalue weighted by Gasteiger charge is -2.38. The van der Waals surface area contributed by atoms with Gasteiger partial charge >= 0.3 is 0 Å². The van der Waals surface area contributed by atoms with E-state index in [9.17, 15) is 0 Å². The van der Waals surface area contributed by atoms with E-state index in [-0.39, 0.29) is 0 Å². The monoisotopic (exact) mass is 1040 g/mol. The van der Waals surface area contributed by atoms with E-state index in [0.29, 0.717) is 0 Å². The van der Waals surface area contributed by atoms with Gasteiger partial charge in [-0.25, -0.2) is 9.97 Å². The number of benzene rings is 11. The van der Waals surface area contributed by atoms with Gasteiger partial charge in [-0.05, 0) is 154 Å². The fourth-order valence-electron chi connectivity index (χ4n) is 11.5. The molecule has 2 aromatic heterocycles. The normalized spacial score (nSPS) is 12.6. The molecule has 15 rings (SSSR count). The van der Waals surface area contributed by atoms with Gasteiger partial charge in [0.05, 0.1) is 65.9 Å². The quantitative estimate of drug-likeness (QED) is 0.151. The topological polar surface area (TPSA) is 38.7 Å². The summed E-state index contributed by atoms with van der Waals surface area (Å²) in [7, 11) is 4.31. The highest BCUT2D eigenvalue weighted by Gasteiger charge is 2.29. The Morgan fingerprint density at radius 3 is 0.833 bits per heavy atom. The van der Waals surface area contributed by atoms with Gasteiger partial charge in [0.1, 0.15) is 10.0 Å². The Hall–Kier alpha value is -9.60. The molecule has 0 saturated carbocycles. The van der Waals surface area contributed by atoms with E-state index in [1.807, 2.05) is 0 Å². The van der Waals surface area contributed by atoms with Crippen molar-refractivity contribution in [3.8, 4) is 65.6 Å². The van der Waals surface area contributed by atoms with Crippen molar-refractivity contribution in [2.45, 2.75) is 0 Å². The molecule has 0 spiro atoms. The molecule has 0 radical (unpaired) electrons. The van der Waals surface area contributed by atoms with E-state index >= 15 is 0 Å². The first kappa shape index (κ1) is 45.8. The third kappa shape index (κ3) is 7.67. The average Bonchev–Trinajstić information content (AvgIpc) is 4.26. The minimum Gasteiger partial charge on any atom is -0.341 e. The second kappa shape index (κ2) is 18.6. The molecule has 0 aliphatic carbocycles. The van der Waals surface area contributed by atoms with Crippen molar-refractivity contribution in [2.75, 3.05) is 33.7 Å². The molecule has 78 heavy (non-hydrogen) atoms. The zero-order valence-corrected chi connectivity index (χ0v) is 44.4.